The minimum atomic E-state index is -0.0604. The van der Waals surface area contributed by atoms with Gasteiger partial charge in [-0.25, -0.2) is 0 Å². The lowest BCUT2D eigenvalue weighted by Crippen LogP contribution is -2.15. The maximum absolute atomic E-state index is 12.8. The first-order valence-electron chi connectivity index (χ1n) is 14.9. The number of hydrogen-bond acceptors (Lipinski definition) is 4. The summed E-state index contributed by atoms with van der Waals surface area (Å²) in [6.07, 6.45) is 18.2. The van der Waals surface area contributed by atoms with E-state index in [4.69, 9.17) is 16.3 Å². The fraction of sp³-hybridized carbons (Fsp3) is 0.545. The lowest BCUT2D eigenvalue weighted by Gasteiger charge is -2.15. The number of amides is 1. The predicted octanol–water partition coefficient (Wildman–Crippen LogP) is 10.5. The first kappa shape index (κ1) is 34.6. The number of unbranched alkanes of at least 4 members (excludes halogenated alkanes) is 11. The molecule has 0 radical (unpaired) electrons. The predicted molar refractivity (Wildman–Crippen MR) is 179 cm³/mol. The van der Waals surface area contributed by atoms with Crippen LogP contribution < -0.4 is 10.1 Å². The number of anilines is 1. The third-order valence-corrected chi connectivity index (χ3v) is 8.34. The van der Waals surface area contributed by atoms with Crippen LogP contribution in [0.3, 0.4) is 0 Å². The second kappa shape index (κ2) is 20.3. The van der Waals surface area contributed by atoms with Gasteiger partial charge < -0.3 is 15.0 Å². The SMILES string of the molecule is Br.CCCCCCCCCCCCCCOc1cc(Cl)ccc1CC(=O)Nc1ccc(CN2C=C(C)SC2)cc1. The van der Waals surface area contributed by atoms with E-state index in [1.807, 2.05) is 42.1 Å². The topological polar surface area (TPSA) is 41.6 Å². The molecule has 0 fully saturated rings. The van der Waals surface area contributed by atoms with E-state index in [-0.39, 0.29) is 29.3 Å². The zero-order chi connectivity index (χ0) is 27.7. The van der Waals surface area contributed by atoms with Gasteiger partial charge in [0, 0.05) is 29.0 Å². The number of thioether (sulfide) groups is 1. The Bertz CT molecular complexity index is 1030. The van der Waals surface area contributed by atoms with Gasteiger partial charge in [0.05, 0.1) is 18.9 Å². The number of benzene rings is 2. The molecule has 0 unspecified atom stereocenters. The molecule has 40 heavy (non-hydrogen) atoms. The van der Waals surface area contributed by atoms with Crippen LogP contribution in [0.5, 0.6) is 5.75 Å². The van der Waals surface area contributed by atoms with Crippen molar-refractivity contribution in [1.82, 2.24) is 4.90 Å². The van der Waals surface area contributed by atoms with E-state index < -0.39 is 0 Å². The lowest BCUT2D eigenvalue weighted by molar-refractivity contribution is -0.115. The first-order chi connectivity index (χ1) is 19.0. The molecule has 0 saturated heterocycles. The van der Waals surface area contributed by atoms with Crippen molar-refractivity contribution >= 4 is 51.9 Å². The second-order valence-electron chi connectivity index (χ2n) is 10.7. The highest BCUT2D eigenvalue weighted by Gasteiger charge is 2.12. The Balaban J connectivity index is 0.00000560. The highest BCUT2D eigenvalue weighted by Crippen LogP contribution is 2.27. The van der Waals surface area contributed by atoms with Gasteiger partial charge in [-0.1, -0.05) is 107 Å². The number of rotatable bonds is 19. The molecule has 0 saturated carbocycles. The van der Waals surface area contributed by atoms with Crippen LogP contribution in [0.25, 0.3) is 0 Å². The zero-order valence-electron chi connectivity index (χ0n) is 24.4. The number of carbonyl (C=O) groups excluding carboxylic acids is 1. The van der Waals surface area contributed by atoms with E-state index in [0.717, 1.165) is 30.1 Å². The molecule has 3 rings (SSSR count). The minimum Gasteiger partial charge on any atom is -0.493 e. The van der Waals surface area contributed by atoms with E-state index in [1.165, 1.54) is 81.1 Å². The molecule has 0 bridgehead atoms. The summed E-state index contributed by atoms with van der Waals surface area (Å²) in [5.74, 6) is 1.65. The van der Waals surface area contributed by atoms with Crippen molar-refractivity contribution in [2.45, 2.75) is 104 Å². The average molecular weight is 652 g/mol. The van der Waals surface area contributed by atoms with Crippen LogP contribution in [-0.4, -0.2) is 23.3 Å². The van der Waals surface area contributed by atoms with Crippen molar-refractivity contribution in [1.29, 1.82) is 0 Å². The number of halogens is 2. The number of hydrogen-bond donors (Lipinski definition) is 1. The summed E-state index contributed by atoms with van der Waals surface area (Å²) in [6, 6.07) is 13.6. The fourth-order valence-corrected chi connectivity index (χ4v) is 5.77. The molecule has 0 aliphatic carbocycles. The van der Waals surface area contributed by atoms with Gasteiger partial charge in [-0.3, -0.25) is 4.79 Å². The number of nitrogens with one attached hydrogen (secondary N) is 1. The molecule has 2 aromatic rings. The zero-order valence-corrected chi connectivity index (χ0v) is 27.7. The van der Waals surface area contributed by atoms with Crippen LogP contribution in [0.1, 0.15) is 102 Å². The molecule has 1 aliphatic heterocycles. The molecule has 1 amide bonds. The van der Waals surface area contributed by atoms with Crippen LogP contribution in [-0.2, 0) is 17.8 Å². The number of allylic oxidation sites excluding steroid dienone is 1. The Hall–Kier alpha value is -1.63. The monoisotopic (exact) mass is 650 g/mol. The lowest BCUT2D eigenvalue weighted by atomic mass is 10.1. The fourth-order valence-electron chi connectivity index (χ4n) is 4.85. The second-order valence-corrected chi connectivity index (χ2v) is 12.3. The van der Waals surface area contributed by atoms with E-state index in [9.17, 15) is 4.79 Å². The quantitative estimate of drug-likeness (QED) is 0.154. The summed E-state index contributed by atoms with van der Waals surface area (Å²) in [7, 11) is 0. The molecule has 1 heterocycles. The van der Waals surface area contributed by atoms with Gasteiger partial charge in [-0.2, -0.15) is 0 Å². The highest BCUT2D eigenvalue weighted by atomic mass is 79.9. The molecule has 0 atom stereocenters. The van der Waals surface area contributed by atoms with E-state index in [1.54, 1.807) is 0 Å². The summed E-state index contributed by atoms with van der Waals surface area (Å²) in [5, 5.41) is 3.65. The van der Waals surface area contributed by atoms with Crippen molar-refractivity contribution in [2.24, 2.45) is 0 Å². The van der Waals surface area contributed by atoms with E-state index >= 15 is 0 Å². The molecule has 1 aliphatic rings. The van der Waals surface area contributed by atoms with E-state index in [2.05, 4.69) is 42.4 Å². The summed E-state index contributed by atoms with van der Waals surface area (Å²) in [5.41, 5.74) is 2.89. The van der Waals surface area contributed by atoms with Crippen LogP contribution in [0.2, 0.25) is 5.02 Å². The Kier molecular flexibility index (Phi) is 17.5. The minimum absolute atomic E-state index is 0. The molecule has 2 aromatic carbocycles. The molecule has 0 spiro atoms. The van der Waals surface area contributed by atoms with Gasteiger partial charge in [0.1, 0.15) is 5.75 Å². The standard InChI is InChI=1S/C33H47ClN2O2S.BrH/c1-3-4-5-6-7-8-9-10-11-12-13-14-21-38-32-23-30(34)18-17-29(32)22-33(37)35-31-19-15-28(16-20-31)25-36-24-27(2)39-26-36;/h15-20,23-24H,3-14,21-22,25-26H2,1-2H3,(H,35,37);1H. The average Bonchev–Trinajstić information content (AvgIpc) is 3.33. The number of ether oxygens (including phenoxy) is 1. The molecule has 0 aromatic heterocycles. The largest absolute Gasteiger partial charge is 0.493 e. The molecule has 222 valence electrons. The Morgan fingerprint density at radius 1 is 0.925 bits per heavy atom. The summed E-state index contributed by atoms with van der Waals surface area (Å²) in [4.78, 5) is 16.4. The van der Waals surface area contributed by atoms with Crippen molar-refractivity contribution in [3.63, 3.8) is 0 Å². The Morgan fingerprint density at radius 3 is 2.15 bits per heavy atom. The van der Waals surface area contributed by atoms with Gasteiger partial charge in [0.25, 0.3) is 0 Å². The van der Waals surface area contributed by atoms with Crippen molar-refractivity contribution < 1.29 is 9.53 Å². The summed E-state index contributed by atoms with van der Waals surface area (Å²) in [6.45, 7) is 5.94. The molecule has 4 nitrogen and oxygen atoms in total. The smallest absolute Gasteiger partial charge is 0.228 e. The van der Waals surface area contributed by atoms with Crippen LogP contribution in [0.4, 0.5) is 5.69 Å². The maximum atomic E-state index is 12.8. The summed E-state index contributed by atoms with van der Waals surface area (Å²) < 4.78 is 6.07. The maximum Gasteiger partial charge on any atom is 0.228 e. The van der Waals surface area contributed by atoms with Gasteiger partial charge in [-0.05, 0) is 48.1 Å². The third kappa shape index (κ3) is 13.8. The third-order valence-electron chi connectivity index (χ3n) is 7.08. The highest BCUT2D eigenvalue weighted by molar-refractivity contribution is 8.93. The molecular weight excluding hydrogens is 604 g/mol. The van der Waals surface area contributed by atoms with Gasteiger partial charge in [0.15, 0.2) is 0 Å². The molecule has 7 heteroatoms. The first-order valence-corrected chi connectivity index (χ1v) is 16.2. The Morgan fingerprint density at radius 2 is 1.55 bits per heavy atom. The van der Waals surface area contributed by atoms with Crippen molar-refractivity contribution in [2.75, 3.05) is 17.8 Å². The van der Waals surface area contributed by atoms with Crippen molar-refractivity contribution in [3.05, 3.63) is 69.7 Å². The van der Waals surface area contributed by atoms with Gasteiger partial charge in [-0.15, -0.1) is 28.7 Å². The number of nitrogens with zero attached hydrogens (tertiary/aromatic N) is 1. The molecule has 1 N–H and O–H groups in total. The Labute approximate surface area is 262 Å². The van der Waals surface area contributed by atoms with Gasteiger partial charge in [0.2, 0.25) is 5.91 Å². The van der Waals surface area contributed by atoms with Gasteiger partial charge >= 0.3 is 0 Å². The van der Waals surface area contributed by atoms with Crippen molar-refractivity contribution in [3.8, 4) is 5.75 Å². The van der Waals surface area contributed by atoms with Crippen LogP contribution in [0, 0.1) is 0 Å². The molecular formula is C33H48BrClN2O2S. The van der Waals surface area contributed by atoms with E-state index in [0.29, 0.717) is 17.4 Å². The summed E-state index contributed by atoms with van der Waals surface area (Å²) >= 11 is 8.10. The van der Waals surface area contributed by atoms with Crippen LogP contribution >= 0.6 is 40.3 Å². The normalized spacial score (nSPS) is 12.7. The van der Waals surface area contributed by atoms with Crippen LogP contribution in [0.15, 0.2) is 53.6 Å². The number of carbonyl (C=O) groups is 1.